The van der Waals surface area contributed by atoms with Gasteiger partial charge >= 0.3 is 0 Å². The zero-order valence-corrected chi connectivity index (χ0v) is 7.24. The van der Waals surface area contributed by atoms with Crippen LogP contribution >= 0.6 is 0 Å². The number of benzene rings is 1. The van der Waals surface area contributed by atoms with E-state index < -0.39 is 0 Å². The Morgan fingerprint density at radius 3 is 3.14 bits per heavy atom. The molecule has 0 aliphatic heterocycles. The second-order valence-electron chi connectivity index (χ2n) is 2.76. The summed E-state index contributed by atoms with van der Waals surface area (Å²) in [5.41, 5.74) is 7.17. The lowest BCUT2D eigenvalue weighted by Gasteiger charge is -1.90. The normalized spacial score (nSPS) is 9.43. The number of carbonyl (C=O) groups is 1. The highest BCUT2D eigenvalue weighted by molar-refractivity contribution is 5.89. The summed E-state index contributed by atoms with van der Waals surface area (Å²) in [5.74, 6) is 5.50. The molecule has 2 aromatic rings. The van der Waals surface area contributed by atoms with Gasteiger partial charge in [-0.2, -0.15) is 5.10 Å². The molecule has 68 valence electrons. The monoisotopic (exact) mass is 185 g/mol. The van der Waals surface area contributed by atoms with Crippen LogP contribution in [0.4, 0.5) is 5.82 Å². The number of rotatable bonds is 0. The Morgan fingerprint density at radius 1 is 1.50 bits per heavy atom. The first kappa shape index (κ1) is 8.32. The summed E-state index contributed by atoms with van der Waals surface area (Å²) in [6, 6.07) is 5.42. The van der Waals surface area contributed by atoms with Gasteiger partial charge in [-0.15, -0.1) is 0 Å². The van der Waals surface area contributed by atoms with E-state index in [1.807, 2.05) is 6.07 Å². The highest BCUT2D eigenvalue weighted by atomic mass is 16.1. The second-order valence-corrected chi connectivity index (χ2v) is 2.76. The van der Waals surface area contributed by atoms with Crippen molar-refractivity contribution in [2.45, 2.75) is 0 Å². The summed E-state index contributed by atoms with van der Waals surface area (Å²) >= 11 is 0. The largest absolute Gasteiger partial charge is 0.382 e. The number of nitrogens with two attached hydrogens (primary N) is 1. The molecule has 0 radical (unpaired) electrons. The molecule has 0 spiro atoms. The molecule has 0 fully saturated rings. The summed E-state index contributed by atoms with van der Waals surface area (Å²) in [7, 11) is 0. The van der Waals surface area contributed by atoms with E-state index in [0.717, 1.165) is 16.5 Å². The third kappa shape index (κ3) is 1.31. The molecule has 4 heteroatoms. The zero-order chi connectivity index (χ0) is 9.97. The lowest BCUT2D eigenvalue weighted by molar-refractivity contribution is -0.103. The molecule has 3 N–H and O–H groups in total. The number of carbonyl (C=O) groups excluding carboxylic acids is 1. The van der Waals surface area contributed by atoms with Crippen molar-refractivity contribution in [3.63, 3.8) is 0 Å². The number of aromatic amines is 1. The van der Waals surface area contributed by atoms with E-state index in [4.69, 9.17) is 5.73 Å². The Morgan fingerprint density at radius 2 is 2.36 bits per heavy atom. The molecule has 1 aromatic heterocycles. The molecule has 0 saturated carbocycles. The van der Waals surface area contributed by atoms with Crippen LogP contribution in [0.2, 0.25) is 0 Å². The first-order valence-electron chi connectivity index (χ1n) is 4.00. The lowest BCUT2D eigenvalue weighted by Crippen LogP contribution is -1.83. The second kappa shape index (κ2) is 3.23. The minimum Gasteiger partial charge on any atom is -0.382 e. The van der Waals surface area contributed by atoms with Gasteiger partial charge in [0, 0.05) is 10.9 Å². The van der Waals surface area contributed by atoms with E-state index in [1.54, 1.807) is 12.1 Å². The predicted octanol–water partition coefficient (Wildman–Crippen LogP) is 0.696. The third-order valence-electron chi connectivity index (χ3n) is 1.87. The molecule has 0 bridgehead atoms. The number of nitrogens with zero attached hydrogens (tertiary/aromatic N) is 1. The van der Waals surface area contributed by atoms with E-state index in [2.05, 4.69) is 22.0 Å². The Hall–Kier alpha value is -2.28. The minimum atomic E-state index is 0.467. The van der Waals surface area contributed by atoms with Crippen LogP contribution in [0.3, 0.4) is 0 Å². The van der Waals surface area contributed by atoms with Crippen LogP contribution in [0, 0.1) is 11.8 Å². The van der Waals surface area contributed by atoms with Gasteiger partial charge in [-0.25, -0.2) is 0 Å². The first-order valence-corrected chi connectivity index (χ1v) is 4.00. The fraction of sp³-hybridized carbons (Fsp3) is 0. The predicted molar refractivity (Wildman–Crippen MR) is 53.4 cm³/mol. The summed E-state index contributed by atoms with van der Waals surface area (Å²) in [4.78, 5) is 10.0. The minimum absolute atomic E-state index is 0.467. The van der Waals surface area contributed by atoms with Crippen molar-refractivity contribution in [2.75, 3.05) is 5.73 Å². The number of aldehydes is 1. The Kier molecular flexibility index (Phi) is 1.92. The van der Waals surface area contributed by atoms with Crippen LogP contribution in [0.5, 0.6) is 0 Å². The molecule has 1 heterocycles. The number of anilines is 1. The molecule has 4 nitrogen and oxygen atoms in total. The maximum Gasteiger partial charge on any atom is 0.193 e. The van der Waals surface area contributed by atoms with Crippen LogP contribution in [-0.2, 0) is 4.79 Å². The maximum atomic E-state index is 10.0. The molecular weight excluding hydrogens is 178 g/mol. The van der Waals surface area contributed by atoms with Gasteiger partial charge < -0.3 is 5.73 Å². The van der Waals surface area contributed by atoms with Gasteiger partial charge in [-0.1, -0.05) is 5.92 Å². The van der Waals surface area contributed by atoms with Crippen LogP contribution in [0.1, 0.15) is 5.56 Å². The maximum absolute atomic E-state index is 10.0. The van der Waals surface area contributed by atoms with Crippen molar-refractivity contribution >= 4 is 23.0 Å². The smallest absolute Gasteiger partial charge is 0.193 e. The van der Waals surface area contributed by atoms with Gasteiger partial charge in [0.25, 0.3) is 0 Å². The first-order chi connectivity index (χ1) is 6.81. The number of hydrogen-bond acceptors (Lipinski definition) is 3. The number of aromatic nitrogens is 2. The highest BCUT2D eigenvalue weighted by Gasteiger charge is 2.00. The van der Waals surface area contributed by atoms with E-state index in [1.165, 1.54) is 0 Å². The summed E-state index contributed by atoms with van der Waals surface area (Å²) < 4.78 is 0. The van der Waals surface area contributed by atoms with Crippen molar-refractivity contribution in [3.8, 4) is 11.8 Å². The number of fused-ring (bicyclic) bond motifs is 1. The van der Waals surface area contributed by atoms with E-state index in [-0.39, 0.29) is 0 Å². The van der Waals surface area contributed by atoms with Gasteiger partial charge in [0.15, 0.2) is 12.1 Å². The SMILES string of the molecule is Nc1n[nH]c2cc(C#CC=O)ccc12. The quantitative estimate of drug-likeness (QED) is 0.468. The van der Waals surface area contributed by atoms with Crippen LogP contribution in [0.15, 0.2) is 18.2 Å². The van der Waals surface area contributed by atoms with Crippen molar-refractivity contribution in [1.82, 2.24) is 10.2 Å². The molecule has 0 aliphatic rings. The molecule has 0 atom stereocenters. The van der Waals surface area contributed by atoms with Gasteiger partial charge in [0.2, 0.25) is 0 Å². The fourth-order valence-corrected chi connectivity index (χ4v) is 1.23. The number of H-pyrrole nitrogens is 1. The van der Waals surface area contributed by atoms with Crippen LogP contribution in [0.25, 0.3) is 10.9 Å². The molecule has 0 saturated heterocycles. The van der Waals surface area contributed by atoms with Gasteiger partial charge in [0.1, 0.15) is 0 Å². The average Bonchev–Trinajstić information content (AvgIpc) is 2.57. The molecular formula is C10H7N3O. The number of nitrogens with one attached hydrogen (secondary N) is 1. The standard InChI is InChI=1S/C10H7N3O/c11-10-8-4-3-7(2-1-5-14)6-9(8)12-13-10/h3-6H,(H3,11,12,13). The van der Waals surface area contributed by atoms with E-state index >= 15 is 0 Å². The Labute approximate surface area is 80.1 Å². The van der Waals surface area contributed by atoms with Crippen molar-refractivity contribution < 1.29 is 4.79 Å². The van der Waals surface area contributed by atoms with Gasteiger partial charge in [0.05, 0.1) is 5.52 Å². The third-order valence-corrected chi connectivity index (χ3v) is 1.87. The van der Waals surface area contributed by atoms with Crippen molar-refractivity contribution in [2.24, 2.45) is 0 Å². The molecule has 2 rings (SSSR count). The van der Waals surface area contributed by atoms with Gasteiger partial charge in [-0.05, 0) is 24.1 Å². The summed E-state index contributed by atoms with van der Waals surface area (Å²) in [5, 5.41) is 7.49. The number of hydrogen-bond donors (Lipinski definition) is 2. The van der Waals surface area contributed by atoms with Gasteiger partial charge in [-0.3, -0.25) is 9.89 Å². The van der Waals surface area contributed by atoms with Crippen LogP contribution < -0.4 is 5.73 Å². The fourth-order valence-electron chi connectivity index (χ4n) is 1.23. The van der Waals surface area contributed by atoms with Crippen molar-refractivity contribution in [3.05, 3.63) is 23.8 Å². The molecule has 1 aromatic carbocycles. The molecule has 0 unspecified atom stereocenters. The zero-order valence-electron chi connectivity index (χ0n) is 7.24. The van der Waals surface area contributed by atoms with E-state index in [9.17, 15) is 4.79 Å². The summed E-state index contributed by atoms with van der Waals surface area (Å²) in [6.07, 6.45) is 0.561. The van der Waals surface area contributed by atoms with Crippen molar-refractivity contribution in [1.29, 1.82) is 0 Å². The molecule has 0 amide bonds. The topological polar surface area (TPSA) is 71.8 Å². The highest BCUT2D eigenvalue weighted by Crippen LogP contribution is 2.18. The number of nitrogen functional groups attached to an aromatic ring is 1. The Bertz CT molecular complexity index is 545. The lowest BCUT2D eigenvalue weighted by atomic mass is 10.1. The molecule has 0 aliphatic carbocycles. The summed E-state index contributed by atoms with van der Waals surface area (Å²) in [6.45, 7) is 0. The Balaban J connectivity index is 2.57. The van der Waals surface area contributed by atoms with Crippen LogP contribution in [-0.4, -0.2) is 16.5 Å². The van der Waals surface area contributed by atoms with E-state index in [0.29, 0.717) is 12.1 Å². The average molecular weight is 185 g/mol. The molecule has 14 heavy (non-hydrogen) atoms.